The van der Waals surface area contributed by atoms with Gasteiger partial charge >= 0.3 is 0 Å². The van der Waals surface area contributed by atoms with Gasteiger partial charge in [0.05, 0.1) is 24.6 Å². The Kier molecular flexibility index (Phi) is 3.64. The Labute approximate surface area is 113 Å². The first-order chi connectivity index (χ1) is 9.34. The van der Waals surface area contributed by atoms with Crippen LogP contribution in [0.5, 0.6) is 0 Å². The SMILES string of the molecule is Cn1cnc2c(NCCOC3CCCC3)nccc21. The molecule has 0 amide bonds. The molecule has 0 bridgehead atoms. The van der Waals surface area contributed by atoms with E-state index in [-0.39, 0.29) is 0 Å². The molecule has 0 radical (unpaired) electrons. The van der Waals surface area contributed by atoms with Gasteiger partial charge in [-0.1, -0.05) is 12.8 Å². The van der Waals surface area contributed by atoms with Gasteiger partial charge in [-0.25, -0.2) is 9.97 Å². The second-order valence-corrected chi connectivity index (χ2v) is 5.09. The van der Waals surface area contributed by atoms with Crippen LogP contribution in [0.25, 0.3) is 11.0 Å². The first-order valence-corrected chi connectivity index (χ1v) is 6.96. The first-order valence-electron chi connectivity index (χ1n) is 6.96. The van der Waals surface area contributed by atoms with Crippen molar-refractivity contribution in [2.45, 2.75) is 31.8 Å². The fourth-order valence-electron chi connectivity index (χ4n) is 2.64. The second-order valence-electron chi connectivity index (χ2n) is 5.09. The Hall–Kier alpha value is -1.62. The number of fused-ring (bicyclic) bond motifs is 1. The van der Waals surface area contributed by atoms with Crippen LogP contribution in [-0.2, 0) is 11.8 Å². The molecule has 0 saturated heterocycles. The number of pyridine rings is 1. The van der Waals surface area contributed by atoms with Gasteiger partial charge < -0.3 is 14.6 Å². The molecule has 2 aromatic heterocycles. The third-order valence-corrected chi connectivity index (χ3v) is 3.69. The number of hydrogen-bond acceptors (Lipinski definition) is 4. The van der Waals surface area contributed by atoms with Crippen molar-refractivity contribution in [3.63, 3.8) is 0 Å². The number of imidazole rings is 1. The summed E-state index contributed by atoms with van der Waals surface area (Å²) in [5.41, 5.74) is 2.01. The third-order valence-electron chi connectivity index (χ3n) is 3.69. The van der Waals surface area contributed by atoms with Crippen molar-refractivity contribution in [1.29, 1.82) is 0 Å². The lowest BCUT2D eigenvalue weighted by Gasteiger charge is -2.11. The van der Waals surface area contributed by atoms with E-state index in [0.29, 0.717) is 6.10 Å². The van der Waals surface area contributed by atoms with Gasteiger partial charge in [0.15, 0.2) is 5.82 Å². The molecule has 0 aliphatic heterocycles. The molecule has 102 valence electrons. The van der Waals surface area contributed by atoms with Crippen molar-refractivity contribution >= 4 is 16.9 Å². The molecule has 1 saturated carbocycles. The molecule has 5 nitrogen and oxygen atoms in total. The van der Waals surface area contributed by atoms with Crippen molar-refractivity contribution in [3.05, 3.63) is 18.6 Å². The largest absolute Gasteiger partial charge is 0.376 e. The van der Waals surface area contributed by atoms with Crippen LogP contribution < -0.4 is 5.32 Å². The molecule has 2 aromatic rings. The van der Waals surface area contributed by atoms with Crippen LogP contribution in [0.4, 0.5) is 5.82 Å². The summed E-state index contributed by atoms with van der Waals surface area (Å²) >= 11 is 0. The van der Waals surface area contributed by atoms with Gasteiger partial charge in [0.25, 0.3) is 0 Å². The molecule has 1 aliphatic rings. The lowest BCUT2D eigenvalue weighted by atomic mass is 10.3. The van der Waals surface area contributed by atoms with Crippen LogP contribution in [0.3, 0.4) is 0 Å². The number of ether oxygens (including phenoxy) is 1. The lowest BCUT2D eigenvalue weighted by Crippen LogP contribution is -2.16. The average Bonchev–Trinajstić information content (AvgIpc) is 3.06. The molecule has 0 atom stereocenters. The van der Waals surface area contributed by atoms with Crippen molar-refractivity contribution in [3.8, 4) is 0 Å². The zero-order chi connectivity index (χ0) is 13.1. The Bertz CT molecular complexity index is 545. The number of anilines is 1. The topological polar surface area (TPSA) is 52.0 Å². The van der Waals surface area contributed by atoms with Gasteiger partial charge in [-0.15, -0.1) is 0 Å². The van der Waals surface area contributed by atoms with Gasteiger partial charge in [0.1, 0.15) is 5.52 Å². The van der Waals surface area contributed by atoms with Crippen molar-refractivity contribution in [2.24, 2.45) is 7.05 Å². The number of nitrogens with one attached hydrogen (secondary N) is 1. The molecule has 0 aromatic carbocycles. The van der Waals surface area contributed by atoms with Crippen LogP contribution >= 0.6 is 0 Å². The standard InChI is InChI=1S/C14H20N4O/c1-18-10-17-13-12(18)6-7-15-14(13)16-8-9-19-11-4-2-3-5-11/h6-7,10-11H,2-5,8-9H2,1H3,(H,15,16). The molecule has 2 heterocycles. The van der Waals surface area contributed by atoms with Crippen molar-refractivity contribution in [2.75, 3.05) is 18.5 Å². The quantitative estimate of drug-likeness (QED) is 0.838. The predicted octanol–water partition coefficient (Wildman–Crippen LogP) is 2.34. The fourth-order valence-corrected chi connectivity index (χ4v) is 2.64. The summed E-state index contributed by atoms with van der Waals surface area (Å²) < 4.78 is 7.82. The lowest BCUT2D eigenvalue weighted by molar-refractivity contribution is 0.0659. The van der Waals surface area contributed by atoms with Crippen LogP contribution in [0.1, 0.15) is 25.7 Å². The highest BCUT2D eigenvalue weighted by molar-refractivity contribution is 5.85. The van der Waals surface area contributed by atoms with Crippen LogP contribution in [0.2, 0.25) is 0 Å². The summed E-state index contributed by atoms with van der Waals surface area (Å²) in [5.74, 6) is 0.841. The average molecular weight is 260 g/mol. The third kappa shape index (κ3) is 2.71. The maximum atomic E-state index is 5.83. The Morgan fingerprint density at radius 2 is 2.21 bits per heavy atom. The van der Waals surface area contributed by atoms with E-state index in [0.717, 1.165) is 30.0 Å². The van der Waals surface area contributed by atoms with E-state index in [1.807, 2.05) is 30.2 Å². The summed E-state index contributed by atoms with van der Waals surface area (Å²) in [4.78, 5) is 8.72. The minimum atomic E-state index is 0.473. The Balaban J connectivity index is 1.56. The highest BCUT2D eigenvalue weighted by Crippen LogP contribution is 2.21. The second kappa shape index (κ2) is 5.57. The van der Waals surface area contributed by atoms with E-state index in [9.17, 15) is 0 Å². The Morgan fingerprint density at radius 1 is 1.37 bits per heavy atom. The molecular weight excluding hydrogens is 240 g/mol. The summed E-state index contributed by atoms with van der Waals surface area (Å²) in [5, 5.41) is 3.31. The summed E-state index contributed by atoms with van der Waals surface area (Å²) in [7, 11) is 1.99. The highest BCUT2D eigenvalue weighted by atomic mass is 16.5. The number of rotatable bonds is 5. The van der Waals surface area contributed by atoms with Gasteiger partial charge in [0.2, 0.25) is 0 Å². The predicted molar refractivity (Wildman–Crippen MR) is 75.2 cm³/mol. The normalized spacial score (nSPS) is 16.3. The van der Waals surface area contributed by atoms with Gasteiger partial charge in [-0.3, -0.25) is 0 Å². The fraction of sp³-hybridized carbons (Fsp3) is 0.571. The molecule has 1 aliphatic carbocycles. The molecule has 19 heavy (non-hydrogen) atoms. The summed E-state index contributed by atoms with van der Waals surface area (Å²) in [6.45, 7) is 1.51. The van der Waals surface area contributed by atoms with E-state index >= 15 is 0 Å². The smallest absolute Gasteiger partial charge is 0.154 e. The maximum Gasteiger partial charge on any atom is 0.154 e. The number of aryl methyl sites for hydroxylation is 1. The minimum Gasteiger partial charge on any atom is -0.376 e. The van der Waals surface area contributed by atoms with Crippen molar-refractivity contribution < 1.29 is 4.74 Å². The molecular formula is C14H20N4O. The molecule has 1 N–H and O–H groups in total. The molecule has 1 fully saturated rings. The van der Waals surface area contributed by atoms with E-state index in [1.165, 1.54) is 25.7 Å². The maximum absolute atomic E-state index is 5.83. The van der Waals surface area contributed by atoms with Crippen LogP contribution in [0.15, 0.2) is 18.6 Å². The van der Waals surface area contributed by atoms with Gasteiger partial charge in [-0.2, -0.15) is 0 Å². The zero-order valence-corrected chi connectivity index (χ0v) is 11.3. The number of aromatic nitrogens is 3. The highest BCUT2D eigenvalue weighted by Gasteiger charge is 2.14. The van der Waals surface area contributed by atoms with Gasteiger partial charge in [0, 0.05) is 19.8 Å². The van der Waals surface area contributed by atoms with E-state index in [1.54, 1.807) is 0 Å². The number of hydrogen-bond donors (Lipinski definition) is 1. The number of nitrogens with zero attached hydrogens (tertiary/aromatic N) is 3. The Morgan fingerprint density at radius 3 is 3.05 bits per heavy atom. The first kappa shape index (κ1) is 12.4. The van der Waals surface area contributed by atoms with Crippen molar-refractivity contribution in [1.82, 2.24) is 14.5 Å². The molecule has 5 heteroatoms. The zero-order valence-electron chi connectivity index (χ0n) is 11.3. The van der Waals surface area contributed by atoms with Crippen LogP contribution in [0, 0.1) is 0 Å². The minimum absolute atomic E-state index is 0.473. The van der Waals surface area contributed by atoms with Gasteiger partial charge in [-0.05, 0) is 18.9 Å². The van der Waals surface area contributed by atoms with E-state index < -0.39 is 0 Å². The molecule has 0 unspecified atom stereocenters. The summed E-state index contributed by atoms with van der Waals surface area (Å²) in [6, 6.07) is 1.97. The molecule has 3 rings (SSSR count). The van der Waals surface area contributed by atoms with Crippen LogP contribution in [-0.4, -0.2) is 33.8 Å². The monoisotopic (exact) mass is 260 g/mol. The van der Waals surface area contributed by atoms with E-state index in [4.69, 9.17) is 4.74 Å². The van der Waals surface area contributed by atoms with E-state index in [2.05, 4.69) is 15.3 Å². The summed E-state index contributed by atoms with van der Waals surface area (Å²) in [6.07, 6.45) is 9.15. The molecule has 0 spiro atoms.